The van der Waals surface area contributed by atoms with Crippen molar-refractivity contribution < 1.29 is 4.79 Å². The van der Waals surface area contributed by atoms with Crippen molar-refractivity contribution in [1.82, 2.24) is 9.97 Å². The molecule has 1 heterocycles. The lowest BCUT2D eigenvalue weighted by molar-refractivity contribution is -0.114. The van der Waals surface area contributed by atoms with E-state index in [2.05, 4.69) is 20.6 Å². The van der Waals surface area contributed by atoms with Crippen LogP contribution in [-0.4, -0.2) is 21.9 Å². The highest BCUT2D eigenvalue weighted by Crippen LogP contribution is 2.28. The molecule has 2 aromatic rings. The molecule has 3 rings (SSSR count). The number of hydrogen-bond acceptors (Lipinski definition) is 5. The fraction of sp³-hybridized carbons (Fsp3) is 0.389. The number of carbonyl (C=O) groups is 1. The molecule has 0 unspecified atom stereocenters. The maximum atomic E-state index is 11.0. The minimum atomic E-state index is -0.0652. The molecule has 1 aliphatic carbocycles. The largest absolute Gasteiger partial charge is 0.367 e. The summed E-state index contributed by atoms with van der Waals surface area (Å²) in [5, 5.41) is 7.21. The SMILES string of the molecule is CC(=O)Nc1ccc(Sc2cc(NC3CCCCC3)ncn2)cc1. The molecule has 0 atom stereocenters. The molecule has 24 heavy (non-hydrogen) atoms. The Bertz CT molecular complexity index is 684. The lowest BCUT2D eigenvalue weighted by Crippen LogP contribution is -2.22. The van der Waals surface area contributed by atoms with E-state index in [0.717, 1.165) is 21.4 Å². The predicted octanol–water partition coefficient (Wildman–Crippen LogP) is 4.33. The first-order chi connectivity index (χ1) is 11.7. The van der Waals surface area contributed by atoms with Crippen molar-refractivity contribution in [2.75, 3.05) is 10.6 Å². The molecule has 1 saturated carbocycles. The number of carbonyl (C=O) groups excluding carboxylic acids is 1. The van der Waals surface area contributed by atoms with Gasteiger partial charge in [-0.25, -0.2) is 9.97 Å². The van der Waals surface area contributed by atoms with Gasteiger partial charge in [-0.05, 0) is 37.1 Å². The number of aromatic nitrogens is 2. The van der Waals surface area contributed by atoms with E-state index in [0.29, 0.717) is 6.04 Å². The van der Waals surface area contributed by atoms with Gasteiger partial charge in [0.15, 0.2) is 0 Å². The third-order valence-electron chi connectivity index (χ3n) is 4.00. The molecule has 0 radical (unpaired) electrons. The highest BCUT2D eigenvalue weighted by atomic mass is 32.2. The maximum Gasteiger partial charge on any atom is 0.221 e. The van der Waals surface area contributed by atoms with Gasteiger partial charge in [0.05, 0.1) is 0 Å². The van der Waals surface area contributed by atoms with E-state index in [1.54, 1.807) is 18.1 Å². The van der Waals surface area contributed by atoms with Crippen LogP contribution in [0, 0.1) is 0 Å². The quantitative estimate of drug-likeness (QED) is 0.792. The van der Waals surface area contributed by atoms with Gasteiger partial charge in [0.2, 0.25) is 5.91 Å². The lowest BCUT2D eigenvalue weighted by Gasteiger charge is -2.23. The number of hydrogen-bond donors (Lipinski definition) is 2. The number of nitrogens with zero attached hydrogens (tertiary/aromatic N) is 2. The van der Waals surface area contributed by atoms with E-state index >= 15 is 0 Å². The monoisotopic (exact) mass is 342 g/mol. The molecular formula is C18H22N4OS. The van der Waals surface area contributed by atoms with Crippen LogP contribution in [-0.2, 0) is 4.79 Å². The van der Waals surface area contributed by atoms with E-state index in [1.807, 2.05) is 30.3 Å². The molecule has 1 aromatic heterocycles. The minimum absolute atomic E-state index is 0.0652. The van der Waals surface area contributed by atoms with Crippen LogP contribution in [0.15, 0.2) is 46.6 Å². The summed E-state index contributed by atoms with van der Waals surface area (Å²) < 4.78 is 0. The molecule has 0 spiro atoms. The third-order valence-corrected chi connectivity index (χ3v) is 4.94. The highest BCUT2D eigenvalue weighted by molar-refractivity contribution is 7.99. The van der Waals surface area contributed by atoms with Gasteiger partial charge < -0.3 is 10.6 Å². The first kappa shape index (κ1) is 16.8. The Balaban J connectivity index is 1.62. The van der Waals surface area contributed by atoms with E-state index < -0.39 is 0 Å². The Kier molecular flexibility index (Phi) is 5.69. The van der Waals surface area contributed by atoms with Crippen molar-refractivity contribution in [1.29, 1.82) is 0 Å². The second-order valence-electron chi connectivity index (χ2n) is 6.03. The Hall–Kier alpha value is -2.08. The summed E-state index contributed by atoms with van der Waals surface area (Å²) in [6, 6.07) is 10.3. The zero-order valence-corrected chi connectivity index (χ0v) is 14.6. The number of amides is 1. The zero-order valence-electron chi connectivity index (χ0n) is 13.8. The molecule has 5 nitrogen and oxygen atoms in total. The van der Waals surface area contributed by atoms with E-state index in [1.165, 1.54) is 39.0 Å². The molecule has 0 saturated heterocycles. The highest BCUT2D eigenvalue weighted by Gasteiger charge is 2.13. The van der Waals surface area contributed by atoms with Crippen LogP contribution >= 0.6 is 11.8 Å². The van der Waals surface area contributed by atoms with Gasteiger partial charge in [0, 0.05) is 29.6 Å². The van der Waals surface area contributed by atoms with Crippen LogP contribution in [0.5, 0.6) is 0 Å². The molecule has 1 amide bonds. The minimum Gasteiger partial charge on any atom is -0.367 e. The number of nitrogens with one attached hydrogen (secondary N) is 2. The molecule has 1 aromatic carbocycles. The maximum absolute atomic E-state index is 11.0. The fourth-order valence-corrected chi connectivity index (χ4v) is 3.64. The van der Waals surface area contributed by atoms with Gasteiger partial charge in [-0.1, -0.05) is 31.0 Å². The second-order valence-corrected chi connectivity index (χ2v) is 7.12. The van der Waals surface area contributed by atoms with E-state index in [4.69, 9.17) is 0 Å². The first-order valence-corrected chi connectivity index (χ1v) is 9.15. The number of rotatable bonds is 5. The molecule has 126 valence electrons. The second kappa shape index (κ2) is 8.15. The van der Waals surface area contributed by atoms with Gasteiger partial charge >= 0.3 is 0 Å². The fourth-order valence-electron chi connectivity index (χ4n) is 2.86. The van der Waals surface area contributed by atoms with Crippen LogP contribution in [0.2, 0.25) is 0 Å². The normalized spacial score (nSPS) is 15.0. The van der Waals surface area contributed by atoms with Crippen molar-refractivity contribution >= 4 is 29.2 Å². The van der Waals surface area contributed by atoms with E-state index in [-0.39, 0.29) is 5.91 Å². The summed E-state index contributed by atoms with van der Waals surface area (Å²) in [6.07, 6.45) is 7.99. The molecule has 1 fully saturated rings. The summed E-state index contributed by atoms with van der Waals surface area (Å²) in [4.78, 5) is 20.8. The molecule has 6 heteroatoms. The van der Waals surface area contributed by atoms with Crippen LogP contribution in [0.1, 0.15) is 39.0 Å². The Morgan fingerprint density at radius 3 is 2.58 bits per heavy atom. The Morgan fingerprint density at radius 2 is 1.88 bits per heavy atom. The molecule has 0 bridgehead atoms. The molecule has 1 aliphatic rings. The standard InChI is InChI=1S/C18H22N4OS/c1-13(23)21-15-7-9-16(10-8-15)24-18-11-17(19-12-20-18)22-14-5-3-2-4-6-14/h7-12,14H,2-6H2,1H3,(H,21,23)(H,19,20,22). The summed E-state index contributed by atoms with van der Waals surface area (Å²) in [5.41, 5.74) is 0.800. The summed E-state index contributed by atoms with van der Waals surface area (Å²) in [6.45, 7) is 1.50. The van der Waals surface area contributed by atoms with Crippen LogP contribution < -0.4 is 10.6 Å². The molecule has 0 aliphatic heterocycles. The third kappa shape index (κ3) is 4.96. The van der Waals surface area contributed by atoms with Gasteiger partial charge in [-0.2, -0.15) is 0 Å². The first-order valence-electron chi connectivity index (χ1n) is 8.33. The van der Waals surface area contributed by atoms with Gasteiger partial charge in [-0.15, -0.1) is 0 Å². The Labute approximate surface area is 146 Å². The van der Waals surface area contributed by atoms with Gasteiger partial charge in [0.1, 0.15) is 17.2 Å². The summed E-state index contributed by atoms with van der Waals surface area (Å²) >= 11 is 1.59. The Morgan fingerprint density at radius 1 is 1.12 bits per heavy atom. The average Bonchev–Trinajstić information content (AvgIpc) is 2.57. The lowest BCUT2D eigenvalue weighted by atomic mass is 9.95. The predicted molar refractivity (Wildman–Crippen MR) is 97.4 cm³/mol. The summed E-state index contributed by atoms with van der Waals surface area (Å²) in [7, 11) is 0. The average molecular weight is 342 g/mol. The van der Waals surface area contributed by atoms with Crippen LogP contribution in [0.3, 0.4) is 0 Å². The zero-order chi connectivity index (χ0) is 16.8. The van der Waals surface area contributed by atoms with Crippen molar-refractivity contribution in [3.05, 3.63) is 36.7 Å². The van der Waals surface area contributed by atoms with Gasteiger partial charge in [-0.3, -0.25) is 4.79 Å². The van der Waals surface area contributed by atoms with Crippen LogP contribution in [0.4, 0.5) is 11.5 Å². The number of benzene rings is 1. The van der Waals surface area contributed by atoms with Gasteiger partial charge in [0.25, 0.3) is 0 Å². The van der Waals surface area contributed by atoms with Crippen molar-refractivity contribution in [2.45, 2.75) is 55.0 Å². The van der Waals surface area contributed by atoms with Crippen LogP contribution in [0.25, 0.3) is 0 Å². The van der Waals surface area contributed by atoms with E-state index in [9.17, 15) is 4.79 Å². The molecular weight excluding hydrogens is 320 g/mol. The molecule has 2 N–H and O–H groups in total. The van der Waals surface area contributed by atoms with Crippen molar-refractivity contribution in [3.63, 3.8) is 0 Å². The number of anilines is 2. The van der Waals surface area contributed by atoms with Crippen molar-refractivity contribution in [2.24, 2.45) is 0 Å². The topological polar surface area (TPSA) is 66.9 Å². The van der Waals surface area contributed by atoms with Crippen molar-refractivity contribution in [3.8, 4) is 0 Å². The smallest absolute Gasteiger partial charge is 0.221 e. The summed E-state index contributed by atoms with van der Waals surface area (Å²) in [5.74, 6) is 0.832.